The minimum Gasteiger partial charge on any atom is -0.454 e. The van der Waals surface area contributed by atoms with Crippen molar-refractivity contribution in [2.24, 2.45) is 0 Å². The van der Waals surface area contributed by atoms with Gasteiger partial charge in [-0.05, 0) is 24.6 Å². The van der Waals surface area contributed by atoms with E-state index in [0.29, 0.717) is 6.79 Å². The van der Waals surface area contributed by atoms with Gasteiger partial charge >= 0.3 is 0 Å². The first-order valence-corrected chi connectivity index (χ1v) is 7.01. The summed E-state index contributed by atoms with van der Waals surface area (Å²) in [6.07, 6.45) is 0. The molecule has 1 saturated heterocycles. The summed E-state index contributed by atoms with van der Waals surface area (Å²) in [5, 5.41) is 8.95. The molecule has 1 atom stereocenters. The van der Waals surface area contributed by atoms with E-state index < -0.39 is 0 Å². The second kappa shape index (κ2) is 5.70. The molecule has 0 bridgehead atoms. The van der Waals surface area contributed by atoms with Crippen LogP contribution in [0.15, 0.2) is 18.2 Å². The minimum absolute atomic E-state index is 0.0164. The lowest BCUT2D eigenvalue weighted by atomic mass is 10.1. The summed E-state index contributed by atoms with van der Waals surface area (Å²) in [6.45, 7) is 7.13. The van der Waals surface area contributed by atoms with Crippen LogP contribution in [0.5, 0.6) is 11.5 Å². The second-order valence-corrected chi connectivity index (χ2v) is 5.30. The highest BCUT2D eigenvalue weighted by Gasteiger charge is 2.21. The molecular formula is C15H19N3O2. The molecule has 20 heavy (non-hydrogen) atoms. The lowest BCUT2D eigenvalue weighted by molar-refractivity contribution is 0.114. The van der Waals surface area contributed by atoms with E-state index in [-0.39, 0.29) is 6.04 Å². The van der Waals surface area contributed by atoms with Crippen molar-refractivity contribution >= 4 is 0 Å². The molecule has 2 heterocycles. The molecule has 2 aliphatic heterocycles. The number of hydrogen-bond acceptors (Lipinski definition) is 5. The second-order valence-electron chi connectivity index (χ2n) is 5.30. The predicted octanol–water partition coefficient (Wildman–Crippen LogP) is 1.44. The topological polar surface area (TPSA) is 48.7 Å². The average Bonchev–Trinajstić information content (AvgIpc) is 2.95. The van der Waals surface area contributed by atoms with Crippen molar-refractivity contribution in [3.05, 3.63) is 23.8 Å². The summed E-state index contributed by atoms with van der Waals surface area (Å²) in [7, 11) is 0. The summed E-state index contributed by atoms with van der Waals surface area (Å²) in [6, 6.07) is 8.46. The highest BCUT2D eigenvalue weighted by Crippen LogP contribution is 2.32. The highest BCUT2D eigenvalue weighted by atomic mass is 16.7. The molecule has 0 N–H and O–H groups in total. The van der Waals surface area contributed by atoms with Gasteiger partial charge in [0, 0.05) is 32.7 Å². The van der Waals surface area contributed by atoms with Gasteiger partial charge in [-0.15, -0.1) is 0 Å². The van der Waals surface area contributed by atoms with Gasteiger partial charge in [-0.2, -0.15) is 5.26 Å². The van der Waals surface area contributed by atoms with Gasteiger partial charge in [0.05, 0.1) is 12.1 Å². The molecular weight excluding hydrogens is 254 g/mol. The van der Waals surface area contributed by atoms with Crippen LogP contribution in [0.4, 0.5) is 0 Å². The van der Waals surface area contributed by atoms with Gasteiger partial charge < -0.3 is 9.47 Å². The molecule has 1 unspecified atom stereocenters. The molecule has 1 aromatic rings. The van der Waals surface area contributed by atoms with Crippen LogP contribution in [0.25, 0.3) is 0 Å². The Kier molecular flexibility index (Phi) is 3.77. The van der Waals surface area contributed by atoms with Crippen molar-refractivity contribution in [3.8, 4) is 17.6 Å². The fourth-order valence-electron chi connectivity index (χ4n) is 2.69. The van der Waals surface area contributed by atoms with Crippen LogP contribution in [-0.4, -0.2) is 48.8 Å². The van der Waals surface area contributed by atoms with E-state index in [2.05, 4.69) is 28.0 Å². The average molecular weight is 273 g/mol. The van der Waals surface area contributed by atoms with Crippen molar-refractivity contribution in [1.82, 2.24) is 9.80 Å². The zero-order chi connectivity index (χ0) is 13.9. The molecule has 1 fully saturated rings. The Morgan fingerprint density at radius 2 is 1.95 bits per heavy atom. The molecule has 0 aliphatic carbocycles. The molecule has 1 aromatic carbocycles. The van der Waals surface area contributed by atoms with Crippen LogP contribution < -0.4 is 9.47 Å². The lowest BCUT2D eigenvalue weighted by Gasteiger charge is -2.35. The third-order valence-corrected chi connectivity index (χ3v) is 3.98. The van der Waals surface area contributed by atoms with Gasteiger partial charge in [0.25, 0.3) is 0 Å². The third-order valence-electron chi connectivity index (χ3n) is 3.98. The first-order chi connectivity index (χ1) is 9.76. The van der Waals surface area contributed by atoms with Gasteiger partial charge in [0.2, 0.25) is 6.79 Å². The number of piperazine rings is 1. The molecule has 0 amide bonds. The fraction of sp³-hybridized carbons (Fsp3) is 0.533. The first-order valence-electron chi connectivity index (χ1n) is 7.01. The maximum atomic E-state index is 8.95. The van der Waals surface area contributed by atoms with Crippen molar-refractivity contribution in [1.29, 1.82) is 5.26 Å². The summed E-state index contributed by atoms with van der Waals surface area (Å²) in [5.74, 6) is 1.68. The third kappa shape index (κ3) is 2.72. The van der Waals surface area contributed by atoms with E-state index in [1.807, 2.05) is 13.0 Å². The molecule has 3 rings (SSSR count). The van der Waals surface area contributed by atoms with E-state index in [0.717, 1.165) is 44.2 Å². The maximum absolute atomic E-state index is 8.95. The summed E-state index contributed by atoms with van der Waals surface area (Å²) < 4.78 is 10.7. The van der Waals surface area contributed by atoms with Crippen molar-refractivity contribution in [2.45, 2.75) is 19.5 Å². The first kappa shape index (κ1) is 13.2. The quantitative estimate of drug-likeness (QED) is 0.834. The Morgan fingerprint density at radius 3 is 2.70 bits per heavy atom. The van der Waals surface area contributed by atoms with Crippen LogP contribution in [0.1, 0.15) is 12.5 Å². The molecule has 0 aromatic heterocycles. The molecule has 2 aliphatic rings. The van der Waals surface area contributed by atoms with Crippen LogP contribution in [0, 0.1) is 11.3 Å². The monoisotopic (exact) mass is 273 g/mol. The lowest BCUT2D eigenvalue weighted by Crippen LogP contribution is -2.48. The Labute approximate surface area is 119 Å². The zero-order valence-electron chi connectivity index (χ0n) is 11.7. The largest absolute Gasteiger partial charge is 0.454 e. The number of hydrogen-bond donors (Lipinski definition) is 0. The van der Waals surface area contributed by atoms with E-state index in [9.17, 15) is 0 Å². The molecule has 0 radical (unpaired) electrons. The van der Waals surface area contributed by atoms with Crippen molar-refractivity contribution < 1.29 is 9.47 Å². The summed E-state index contributed by atoms with van der Waals surface area (Å²) in [4.78, 5) is 4.65. The SMILES string of the molecule is CC(C#N)N1CCN(Cc2ccc3c(c2)OCO3)CC1. The fourth-order valence-corrected chi connectivity index (χ4v) is 2.69. The van der Waals surface area contributed by atoms with Crippen molar-refractivity contribution in [2.75, 3.05) is 33.0 Å². The summed E-state index contributed by atoms with van der Waals surface area (Å²) in [5.41, 5.74) is 1.25. The highest BCUT2D eigenvalue weighted by molar-refractivity contribution is 5.44. The van der Waals surface area contributed by atoms with Crippen molar-refractivity contribution in [3.63, 3.8) is 0 Å². The molecule has 106 valence electrons. The standard InChI is InChI=1S/C15H19N3O2/c1-12(9-16)18-6-4-17(5-7-18)10-13-2-3-14-15(8-13)20-11-19-14/h2-3,8,12H,4-7,10-11H2,1H3. The number of fused-ring (bicyclic) bond motifs is 1. The van der Waals surface area contributed by atoms with E-state index in [1.165, 1.54) is 5.56 Å². The normalized spacial score (nSPS) is 20.6. The van der Waals surface area contributed by atoms with Crippen LogP contribution in [-0.2, 0) is 6.54 Å². The smallest absolute Gasteiger partial charge is 0.231 e. The van der Waals surface area contributed by atoms with Gasteiger partial charge in [-0.25, -0.2) is 0 Å². The molecule has 5 heteroatoms. The predicted molar refractivity (Wildman–Crippen MR) is 74.5 cm³/mol. The number of nitriles is 1. The van der Waals surface area contributed by atoms with Crippen LogP contribution in [0.3, 0.4) is 0 Å². The van der Waals surface area contributed by atoms with Crippen LogP contribution >= 0.6 is 0 Å². The Bertz CT molecular complexity index is 518. The minimum atomic E-state index is 0.0164. The molecule has 5 nitrogen and oxygen atoms in total. The van der Waals surface area contributed by atoms with E-state index in [1.54, 1.807) is 0 Å². The van der Waals surface area contributed by atoms with Gasteiger partial charge in [0.1, 0.15) is 0 Å². The van der Waals surface area contributed by atoms with E-state index >= 15 is 0 Å². The Balaban J connectivity index is 1.56. The Morgan fingerprint density at radius 1 is 1.20 bits per heavy atom. The van der Waals surface area contributed by atoms with Crippen LogP contribution in [0.2, 0.25) is 0 Å². The van der Waals surface area contributed by atoms with Gasteiger partial charge in [-0.1, -0.05) is 6.07 Å². The number of rotatable bonds is 3. The van der Waals surface area contributed by atoms with Gasteiger partial charge in [-0.3, -0.25) is 9.80 Å². The summed E-state index contributed by atoms with van der Waals surface area (Å²) >= 11 is 0. The zero-order valence-corrected chi connectivity index (χ0v) is 11.7. The number of nitrogens with zero attached hydrogens (tertiary/aromatic N) is 3. The van der Waals surface area contributed by atoms with E-state index in [4.69, 9.17) is 14.7 Å². The number of ether oxygens (including phenoxy) is 2. The molecule has 0 spiro atoms. The van der Waals surface area contributed by atoms with Gasteiger partial charge in [0.15, 0.2) is 11.5 Å². The number of benzene rings is 1. The Hall–Kier alpha value is -1.77. The molecule has 0 saturated carbocycles. The maximum Gasteiger partial charge on any atom is 0.231 e.